The van der Waals surface area contributed by atoms with E-state index in [2.05, 4.69) is 39.8 Å². The molecule has 0 saturated carbocycles. The standard InChI is InChI=1S/C11H16S/c1-5-12-11-7-9(3)8(2)6-10(11)4/h6-7H,5H2,1-4H3. The first-order chi connectivity index (χ1) is 5.65. The van der Waals surface area contributed by atoms with E-state index in [1.165, 1.54) is 21.6 Å². The quantitative estimate of drug-likeness (QED) is 0.625. The Kier molecular flexibility index (Phi) is 3.21. The van der Waals surface area contributed by atoms with E-state index < -0.39 is 0 Å². The molecule has 0 aliphatic rings. The summed E-state index contributed by atoms with van der Waals surface area (Å²) in [6.45, 7) is 8.72. The van der Waals surface area contributed by atoms with Crippen LogP contribution in [0.25, 0.3) is 0 Å². The second-order valence-electron chi connectivity index (χ2n) is 3.13. The van der Waals surface area contributed by atoms with Crippen molar-refractivity contribution < 1.29 is 0 Å². The van der Waals surface area contributed by atoms with Gasteiger partial charge in [-0.15, -0.1) is 11.8 Å². The van der Waals surface area contributed by atoms with Gasteiger partial charge in [0.15, 0.2) is 0 Å². The Balaban J connectivity index is 3.05. The molecule has 0 radical (unpaired) electrons. The number of aryl methyl sites for hydroxylation is 3. The van der Waals surface area contributed by atoms with E-state index in [1.807, 2.05) is 11.8 Å². The molecule has 0 aromatic heterocycles. The summed E-state index contributed by atoms with van der Waals surface area (Å²) in [6.07, 6.45) is 0. The first kappa shape index (κ1) is 9.66. The molecule has 0 unspecified atom stereocenters. The van der Waals surface area contributed by atoms with Gasteiger partial charge in [-0.25, -0.2) is 0 Å². The third-order valence-electron chi connectivity index (χ3n) is 2.09. The predicted octanol–water partition coefficient (Wildman–Crippen LogP) is 3.72. The average molecular weight is 180 g/mol. The van der Waals surface area contributed by atoms with E-state index in [9.17, 15) is 0 Å². The summed E-state index contributed by atoms with van der Waals surface area (Å²) in [4.78, 5) is 1.43. The molecule has 0 heterocycles. The van der Waals surface area contributed by atoms with Gasteiger partial charge in [-0.3, -0.25) is 0 Å². The molecule has 0 atom stereocenters. The first-order valence-corrected chi connectivity index (χ1v) is 5.34. The van der Waals surface area contributed by atoms with E-state index in [0.29, 0.717) is 0 Å². The Labute approximate surface area is 79.4 Å². The van der Waals surface area contributed by atoms with Crippen LogP contribution in [0, 0.1) is 20.8 Å². The van der Waals surface area contributed by atoms with Gasteiger partial charge >= 0.3 is 0 Å². The van der Waals surface area contributed by atoms with Gasteiger partial charge in [-0.2, -0.15) is 0 Å². The van der Waals surface area contributed by atoms with Crippen molar-refractivity contribution in [1.82, 2.24) is 0 Å². The summed E-state index contributed by atoms with van der Waals surface area (Å²) in [7, 11) is 0. The molecule has 0 N–H and O–H groups in total. The lowest BCUT2D eigenvalue weighted by molar-refractivity contribution is 1.21. The highest BCUT2D eigenvalue weighted by molar-refractivity contribution is 7.99. The van der Waals surface area contributed by atoms with Crippen LogP contribution in [0.5, 0.6) is 0 Å². The van der Waals surface area contributed by atoms with Gasteiger partial charge in [0, 0.05) is 4.90 Å². The first-order valence-electron chi connectivity index (χ1n) is 4.35. The molecule has 0 aliphatic carbocycles. The van der Waals surface area contributed by atoms with Crippen LogP contribution in [0.4, 0.5) is 0 Å². The van der Waals surface area contributed by atoms with Crippen LogP contribution in [-0.4, -0.2) is 5.75 Å². The van der Waals surface area contributed by atoms with Crippen LogP contribution in [0.2, 0.25) is 0 Å². The third kappa shape index (κ3) is 2.04. The van der Waals surface area contributed by atoms with E-state index in [-0.39, 0.29) is 0 Å². The van der Waals surface area contributed by atoms with Crippen molar-refractivity contribution in [3.05, 3.63) is 28.8 Å². The monoisotopic (exact) mass is 180 g/mol. The number of hydrogen-bond acceptors (Lipinski definition) is 1. The fourth-order valence-electron chi connectivity index (χ4n) is 1.25. The smallest absolute Gasteiger partial charge is 0.0104 e. The van der Waals surface area contributed by atoms with Crippen LogP contribution in [-0.2, 0) is 0 Å². The molecule has 1 heteroatoms. The summed E-state index contributed by atoms with van der Waals surface area (Å²) in [6, 6.07) is 4.56. The fourth-order valence-corrected chi connectivity index (χ4v) is 2.10. The molecule has 0 aliphatic heterocycles. The van der Waals surface area contributed by atoms with Crippen molar-refractivity contribution in [3.63, 3.8) is 0 Å². The minimum Gasteiger partial charge on any atom is -0.126 e. The molecular weight excluding hydrogens is 164 g/mol. The maximum atomic E-state index is 2.29. The Hall–Kier alpha value is -0.430. The van der Waals surface area contributed by atoms with Crippen molar-refractivity contribution in [2.24, 2.45) is 0 Å². The van der Waals surface area contributed by atoms with Crippen LogP contribution >= 0.6 is 11.8 Å². The summed E-state index contributed by atoms with van der Waals surface area (Å²) >= 11 is 1.92. The van der Waals surface area contributed by atoms with Crippen molar-refractivity contribution in [1.29, 1.82) is 0 Å². The molecule has 12 heavy (non-hydrogen) atoms. The minimum absolute atomic E-state index is 1.16. The van der Waals surface area contributed by atoms with E-state index in [1.54, 1.807) is 0 Å². The molecule has 0 nitrogen and oxygen atoms in total. The zero-order valence-electron chi connectivity index (χ0n) is 8.27. The largest absolute Gasteiger partial charge is 0.126 e. The van der Waals surface area contributed by atoms with Gasteiger partial charge in [0.2, 0.25) is 0 Å². The maximum absolute atomic E-state index is 2.29. The molecule has 0 amide bonds. The Morgan fingerprint density at radius 1 is 1.00 bits per heavy atom. The summed E-state index contributed by atoms with van der Waals surface area (Å²) in [5.41, 5.74) is 4.20. The van der Waals surface area contributed by atoms with Gasteiger partial charge in [-0.1, -0.05) is 13.0 Å². The molecule has 1 aromatic rings. The molecule has 0 bridgehead atoms. The zero-order chi connectivity index (χ0) is 9.14. The number of rotatable bonds is 2. The topological polar surface area (TPSA) is 0 Å². The lowest BCUT2D eigenvalue weighted by Gasteiger charge is -2.07. The van der Waals surface area contributed by atoms with Crippen molar-refractivity contribution in [2.45, 2.75) is 32.6 Å². The van der Waals surface area contributed by atoms with E-state index in [4.69, 9.17) is 0 Å². The Morgan fingerprint density at radius 3 is 2.17 bits per heavy atom. The van der Waals surface area contributed by atoms with Crippen LogP contribution in [0.1, 0.15) is 23.6 Å². The van der Waals surface area contributed by atoms with E-state index >= 15 is 0 Å². The number of thioether (sulfide) groups is 1. The minimum atomic E-state index is 1.16. The molecule has 0 spiro atoms. The molecule has 0 fully saturated rings. The second-order valence-corrected chi connectivity index (χ2v) is 4.44. The SMILES string of the molecule is CCSc1cc(C)c(C)cc1C. The molecule has 0 saturated heterocycles. The predicted molar refractivity (Wildman–Crippen MR) is 57.1 cm³/mol. The second kappa shape index (κ2) is 3.99. The van der Waals surface area contributed by atoms with Gasteiger partial charge in [0.1, 0.15) is 0 Å². The highest BCUT2D eigenvalue weighted by Gasteiger charge is 2.00. The van der Waals surface area contributed by atoms with Crippen LogP contribution < -0.4 is 0 Å². The highest BCUT2D eigenvalue weighted by atomic mass is 32.2. The van der Waals surface area contributed by atoms with Crippen molar-refractivity contribution >= 4 is 11.8 Å². The van der Waals surface area contributed by atoms with Crippen LogP contribution in [0.15, 0.2) is 17.0 Å². The Bertz CT molecular complexity index is 277. The molecule has 66 valence electrons. The van der Waals surface area contributed by atoms with Gasteiger partial charge < -0.3 is 0 Å². The number of hydrogen-bond donors (Lipinski definition) is 0. The van der Waals surface area contributed by atoms with Gasteiger partial charge in [-0.05, 0) is 49.3 Å². The lowest BCUT2D eigenvalue weighted by Crippen LogP contribution is -1.86. The Morgan fingerprint density at radius 2 is 1.58 bits per heavy atom. The van der Waals surface area contributed by atoms with Crippen LogP contribution in [0.3, 0.4) is 0 Å². The molecule has 1 rings (SSSR count). The van der Waals surface area contributed by atoms with Crippen molar-refractivity contribution in [2.75, 3.05) is 5.75 Å². The van der Waals surface area contributed by atoms with Crippen molar-refractivity contribution in [3.8, 4) is 0 Å². The van der Waals surface area contributed by atoms with Gasteiger partial charge in [0.25, 0.3) is 0 Å². The van der Waals surface area contributed by atoms with Gasteiger partial charge in [0.05, 0.1) is 0 Å². The summed E-state index contributed by atoms with van der Waals surface area (Å²) in [5.74, 6) is 1.16. The molecular formula is C11H16S. The third-order valence-corrected chi connectivity index (χ3v) is 3.13. The maximum Gasteiger partial charge on any atom is 0.0104 e. The summed E-state index contributed by atoms with van der Waals surface area (Å²) in [5, 5.41) is 0. The average Bonchev–Trinajstić information content (AvgIpc) is 2.01. The lowest BCUT2D eigenvalue weighted by atomic mass is 10.1. The number of benzene rings is 1. The highest BCUT2D eigenvalue weighted by Crippen LogP contribution is 2.24. The normalized spacial score (nSPS) is 10.3. The molecule has 1 aromatic carbocycles. The zero-order valence-corrected chi connectivity index (χ0v) is 9.09. The van der Waals surface area contributed by atoms with E-state index in [0.717, 1.165) is 5.75 Å². The summed E-state index contributed by atoms with van der Waals surface area (Å²) < 4.78 is 0. The fraction of sp³-hybridized carbons (Fsp3) is 0.455.